The zero-order valence-corrected chi connectivity index (χ0v) is 14.3. The van der Waals surface area contributed by atoms with Gasteiger partial charge in [0.15, 0.2) is 5.65 Å². The number of halogens is 1. The third-order valence-corrected chi connectivity index (χ3v) is 4.95. The second kappa shape index (κ2) is 5.90. The summed E-state index contributed by atoms with van der Waals surface area (Å²) in [4.78, 5) is 12.4. The van der Waals surface area contributed by atoms with Gasteiger partial charge >= 0.3 is 6.09 Å². The van der Waals surface area contributed by atoms with E-state index in [4.69, 9.17) is 5.11 Å². The van der Waals surface area contributed by atoms with E-state index in [0.717, 1.165) is 29.6 Å². The minimum absolute atomic E-state index is 0.236. The average Bonchev–Trinajstić information content (AvgIpc) is 3.22. The fourth-order valence-electron chi connectivity index (χ4n) is 3.04. The molecule has 0 saturated carbocycles. The van der Waals surface area contributed by atoms with Crippen molar-refractivity contribution in [3.63, 3.8) is 0 Å². The summed E-state index contributed by atoms with van der Waals surface area (Å²) in [6, 6.07) is 4.14. The molecular weight excluding hydrogens is 376 g/mol. The van der Waals surface area contributed by atoms with Gasteiger partial charge in [-0.05, 0) is 40.9 Å². The van der Waals surface area contributed by atoms with Crippen LogP contribution in [0, 0.1) is 0 Å². The lowest BCUT2D eigenvalue weighted by molar-refractivity contribution is 0.124. The molecule has 1 saturated heterocycles. The molecule has 4 heterocycles. The van der Waals surface area contributed by atoms with Gasteiger partial charge in [-0.1, -0.05) is 0 Å². The van der Waals surface area contributed by atoms with Gasteiger partial charge in [-0.15, -0.1) is 10.2 Å². The van der Waals surface area contributed by atoms with E-state index in [1.807, 2.05) is 39.8 Å². The number of aromatic nitrogens is 5. The molecule has 0 unspecified atom stereocenters. The zero-order valence-electron chi connectivity index (χ0n) is 12.7. The molecule has 3 aromatic rings. The Labute approximate surface area is 145 Å². The lowest BCUT2D eigenvalue weighted by Crippen LogP contribution is -2.38. The van der Waals surface area contributed by atoms with Gasteiger partial charge < -0.3 is 10.0 Å². The van der Waals surface area contributed by atoms with Crippen LogP contribution >= 0.6 is 15.9 Å². The lowest BCUT2D eigenvalue weighted by atomic mass is 10.1. The molecule has 124 valence electrons. The smallest absolute Gasteiger partial charge is 0.407 e. The van der Waals surface area contributed by atoms with Crippen LogP contribution in [0.15, 0.2) is 35.5 Å². The van der Waals surface area contributed by atoms with Crippen LogP contribution in [0.25, 0.3) is 16.8 Å². The van der Waals surface area contributed by atoms with Crippen molar-refractivity contribution < 1.29 is 9.90 Å². The number of likely N-dealkylation sites (tertiary alicyclic amines) is 1. The molecule has 9 heteroatoms. The quantitative estimate of drug-likeness (QED) is 0.726. The van der Waals surface area contributed by atoms with E-state index in [-0.39, 0.29) is 6.04 Å². The maximum absolute atomic E-state index is 11.0. The highest BCUT2D eigenvalue weighted by atomic mass is 79.9. The Balaban J connectivity index is 1.56. The first-order valence-corrected chi connectivity index (χ1v) is 8.44. The maximum Gasteiger partial charge on any atom is 0.407 e. The van der Waals surface area contributed by atoms with E-state index in [1.54, 1.807) is 0 Å². The molecule has 4 rings (SSSR count). The van der Waals surface area contributed by atoms with E-state index < -0.39 is 6.09 Å². The number of carboxylic acid groups (broad SMARTS) is 1. The Kier molecular flexibility index (Phi) is 3.72. The van der Waals surface area contributed by atoms with Gasteiger partial charge in [0.25, 0.3) is 0 Å². The van der Waals surface area contributed by atoms with Crippen molar-refractivity contribution in [1.29, 1.82) is 0 Å². The van der Waals surface area contributed by atoms with Crippen molar-refractivity contribution in [3.8, 4) is 11.1 Å². The topological polar surface area (TPSA) is 88.5 Å². The molecule has 1 aliphatic heterocycles. The largest absolute Gasteiger partial charge is 0.465 e. The van der Waals surface area contributed by atoms with Crippen molar-refractivity contribution in [2.24, 2.45) is 0 Å². The number of rotatable bonds is 2. The zero-order chi connectivity index (χ0) is 16.7. The molecule has 1 amide bonds. The number of piperidine rings is 1. The number of fused-ring (bicyclic) bond motifs is 1. The molecule has 0 bridgehead atoms. The molecule has 24 heavy (non-hydrogen) atoms. The normalized spacial score (nSPS) is 16.0. The third-order valence-electron chi connectivity index (χ3n) is 4.40. The van der Waals surface area contributed by atoms with Crippen molar-refractivity contribution in [1.82, 2.24) is 29.3 Å². The fraction of sp³-hybridized carbons (Fsp3) is 0.333. The van der Waals surface area contributed by atoms with Crippen molar-refractivity contribution >= 4 is 27.7 Å². The maximum atomic E-state index is 11.0. The Hall–Kier alpha value is -2.42. The van der Waals surface area contributed by atoms with Gasteiger partial charge in [0.2, 0.25) is 4.73 Å². The number of nitrogens with zero attached hydrogens (tertiary/aromatic N) is 6. The summed E-state index contributed by atoms with van der Waals surface area (Å²) >= 11 is 3.37. The van der Waals surface area contributed by atoms with E-state index in [1.165, 1.54) is 4.90 Å². The molecule has 0 aromatic carbocycles. The summed E-state index contributed by atoms with van der Waals surface area (Å²) in [5.74, 6) is 0. The van der Waals surface area contributed by atoms with Crippen molar-refractivity contribution in [3.05, 3.63) is 35.5 Å². The monoisotopic (exact) mass is 390 g/mol. The van der Waals surface area contributed by atoms with Gasteiger partial charge in [-0.25, -0.2) is 4.79 Å². The third kappa shape index (κ3) is 2.64. The van der Waals surface area contributed by atoms with Crippen LogP contribution in [0.2, 0.25) is 0 Å². The Morgan fingerprint density at radius 2 is 1.96 bits per heavy atom. The Morgan fingerprint density at radius 3 is 2.71 bits per heavy atom. The number of carbonyl (C=O) groups is 1. The number of hydrogen-bond donors (Lipinski definition) is 1. The van der Waals surface area contributed by atoms with Gasteiger partial charge in [0, 0.05) is 36.6 Å². The summed E-state index contributed by atoms with van der Waals surface area (Å²) < 4.78 is 4.48. The highest BCUT2D eigenvalue weighted by Crippen LogP contribution is 2.26. The Morgan fingerprint density at radius 1 is 1.17 bits per heavy atom. The van der Waals surface area contributed by atoms with Gasteiger partial charge in [0.1, 0.15) is 0 Å². The average molecular weight is 391 g/mol. The minimum atomic E-state index is -0.845. The van der Waals surface area contributed by atoms with E-state index in [2.05, 4.69) is 31.2 Å². The van der Waals surface area contributed by atoms with Crippen LogP contribution in [0.3, 0.4) is 0 Å². The van der Waals surface area contributed by atoms with Crippen LogP contribution < -0.4 is 0 Å². The second-order valence-electron chi connectivity index (χ2n) is 5.82. The predicted octanol–water partition coefficient (Wildman–Crippen LogP) is 2.67. The second-order valence-corrected chi connectivity index (χ2v) is 6.53. The van der Waals surface area contributed by atoms with Crippen LogP contribution in [0.4, 0.5) is 4.79 Å². The fourth-order valence-corrected chi connectivity index (χ4v) is 3.41. The summed E-state index contributed by atoms with van der Waals surface area (Å²) in [5, 5.41) is 21.5. The van der Waals surface area contributed by atoms with Crippen molar-refractivity contribution in [2.75, 3.05) is 13.1 Å². The highest BCUT2D eigenvalue weighted by molar-refractivity contribution is 9.10. The molecule has 8 nitrogen and oxygen atoms in total. The molecule has 1 fully saturated rings. The molecule has 1 aliphatic rings. The first-order chi connectivity index (χ1) is 11.6. The van der Waals surface area contributed by atoms with Gasteiger partial charge in [-0.3, -0.25) is 9.08 Å². The predicted molar refractivity (Wildman–Crippen MR) is 89.8 cm³/mol. The number of hydrogen-bond acceptors (Lipinski definition) is 4. The SMILES string of the molecule is O=C(O)N1CCC(n2cc(-c3ccc4nnc(Br)n4c3)cn2)CC1. The number of pyridine rings is 1. The Bertz CT molecular complexity index is 896. The van der Waals surface area contributed by atoms with Crippen LogP contribution in [-0.2, 0) is 0 Å². The molecule has 1 N–H and O–H groups in total. The minimum Gasteiger partial charge on any atom is -0.465 e. The molecule has 0 atom stereocenters. The summed E-state index contributed by atoms with van der Waals surface area (Å²) in [5.41, 5.74) is 2.81. The van der Waals surface area contributed by atoms with Crippen molar-refractivity contribution in [2.45, 2.75) is 18.9 Å². The van der Waals surface area contributed by atoms with Gasteiger partial charge in [-0.2, -0.15) is 5.10 Å². The van der Waals surface area contributed by atoms with E-state index >= 15 is 0 Å². The van der Waals surface area contributed by atoms with Crippen LogP contribution in [0.1, 0.15) is 18.9 Å². The van der Waals surface area contributed by atoms with Crippen LogP contribution in [-0.4, -0.2) is 53.6 Å². The van der Waals surface area contributed by atoms with Crippen LogP contribution in [0.5, 0.6) is 0 Å². The van der Waals surface area contributed by atoms with E-state index in [9.17, 15) is 4.79 Å². The summed E-state index contributed by atoms with van der Waals surface area (Å²) in [6.07, 6.45) is 6.53. The highest BCUT2D eigenvalue weighted by Gasteiger charge is 2.24. The number of amides is 1. The lowest BCUT2D eigenvalue weighted by Gasteiger charge is -2.30. The molecule has 0 spiro atoms. The van der Waals surface area contributed by atoms with E-state index in [0.29, 0.717) is 17.8 Å². The molecule has 0 aliphatic carbocycles. The first kappa shape index (κ1) is 15.1. The standard InChI is InChI=1S/C15H15BrN6O2/c16-14-19-18-13-2-1-10(8-21(13)14)11-7-17-22(9-11)12-3-5-20(6-4-12)15(23)24/h1-2,7-9,12H,3-6H2,(H,23,24). The molecule has 3 aromatic heterocycles. The summed E-state index contributed by atoms with van der Waals surface area (Å²) in [6.45, 7) is 1.10. The first-order valence-electron chi connectivity index (χ1n) is 7.64. The van der Waals surface area contributed by atoms with Gasteiger partial charge in [0.05, 0.1) is 12.2 Å². The molecular formula is C15H15BrN6O2. The summed E-state index contributed by atoms with van der Waals surface area (Å²) in [7, 11) is 0. The molecule has 0 radical (unpaired) electrons.